The summed E-state index contributed by atoms with van der Waals surface area (Å²) in [6, 6.07) is 10.4. The Hall–Kier alpha value is -2.36. The van der Waals surface area contributed by atoms with Gasteiger partial charge in [-0.1, -0.05) is 34.7 Å². The zero-order valence-electron chi connectivity index (χ0n) is 14.8. The van der Waals surface area contributed by atoms with E-state index in [1.807, 2.05) is 19.1 Å². The topological polar surface area (TPSA) is 97.1 Å². The summed E-state index contributed by atoms with van der Waals surface area (Å²) >= 11 is 8.19. The van der Waals surface area contributed by atoms with E-state index in [1.165, 1.54) is 11.8 Å². The van der Waals surface area contributed by atoms with Crippen LogP contribution in [0.4, 0.5) is 5.69 Å². The lowest BCUT2D eigenvalue weighted by Crippen LogP contribution is -2.35. The summed E-state index contributed by atoms with van der Waals surface area (Å²) in [6.45, 7) is 1.91. The van der Waals surface area contributed by atoms with Crippen LogP contribution in [0.25, 0.3) is 0 Å². The Morgan fingerprint density at radius 3 is 2.75 bits per heavy atom. The van der Waals surface area contributed by atoms with Gasteiger partial charge in [-0.25, -0.2) is 0 Å². The van der Waals surface area contributed by atoms with E-state index in [2.05, 4.69) is 20.8 Å². The minimum Gasteiger partial charge on any atom is -0.469 e. The number of nitrogens with one attached hydrogen (secondary N) is 2. The van der Waals surface area contributed by atoms with Gasteiger partial charge >= 0.3 is 0 Å². The number of thioether (sulfide) groups is 1. The first-order valence-electron chi connectivity index (χ1n) is 8.34. The number of benzene rings is 1. The van der Waals surface area contributed by atoms with Gasteiger partial charge in [0.05, 0.1) is 12.0 Å². The molecule has 28 heavy (non-hydrogen) atoms. The maximum Gasteiger partial charge on any atom is 0.286 e. The Bertz CT molecular complexity index is 929. The van der Waals surface area contributed by atoms with Crippen molar-refractivity contribution in [3.8, 4) is 0 Å². The number of hydrogen-bond donors (Lipinski definition) is 2. The number of anilines is 1. The van der Waals surface area contributed by atoms with Crippen molar-refractivity contribution in [2.75, 3.05) is 11.1 Å². The lowest BCUT2D eigenvalue weighted by Gasteiger charge is -2.11. The van der Waals surface area contributed by atoms with Gasteiger partial charge in [-0.05, 0) is 43.3 Å². The van der Waals surface area contributed by atoms with Crippen molar-refractivity contribution in [1.82, 2.24) is 15.5 Å². The third kappa shape index (κ3) is 6.08. The zero-order valence-corrected chi connectivity index (χ0v) is 17.2. The second kappa shape index (κ2) is 9.72. The average molecular weight is 437 g/mol. The van der Waals surface area contributed by atoms with Gasteiger partial charge in [0.1, 0.15) is 5.76 Å². The number of nitrogens with zero attached hydrogens (tertiary/aromatic N) is 2. The Balaban J connectivity index is 1.45. The van der Waals surface area contributed by atoms with Gasteiger partial charge in [0.15, 0.2) is 4.34 Å². The summed E-state index contributed by atoms with van der Waals surface area (Å²) in [5.74, 6) is 0.533. The molecular formula is C18H17ClN4O3S2. The predicted molar refractivity (Wildman–Crippen MR) is 110 cm³/mol. The fourth-order valence-corrected chi connectivity index (χ4v) is 3.99. The molecule has 0 aliphatic carbocycles. The largest absolute Gasteiger partial charge is 0.469 e. The Morgan fingerprint density at radius 1 is 1.25 bits per heavy atom. The molecule has 1 aromatic carbocycles. The summed E-state index contributed by atoms with van der Waals surface area (Å²) in [5, 5.41) is 14.3. The van der Waals surface area contributed by atoms with Crippen LogP contribution in [0.3, 0.4) is 0 Å². The number of halogens is 1. The summed E-state index contributed by atoms with van der Waals surface area (Å²) in [4.78, 5) is 24.3. The molecule has 0 radical (unpaired) electrons. The van der Waals surface area contributed by atoms with Crippen LogP contribution in [0.5, 0.6) is 0 Å². The fraction of sp³-hybridized carbons (Fsp3) is 0.222. The number of amides is 2. The second-order valence-electron chi connectivity index (χ2n) is 5.87. The maximum absolute atomic E-state index is 12.2. The molecule has 7 nitrogen and oxygen atoms in total. The summed E-state index contributed by atoms with van der Waals surface area (Å²) in [7, 11) is 0. The number of rotatable bonds is 8. The first-order valence-corrected chi connectivity index (χ1v) is 10.5. The highest BCUT2D eigenvalue weighted by Gasteiger charge is 2.15. The van der Waals surface area contributed by atoms with Crippen molar-refractivity contribution in [2.45, 2.75) is 23.7 Å². The standard InChI is InChI=1S/C18H17ClN4O3S2/c1-11(9-14-3-2-8-26-14)20-15(24)10-27-18-23-22-17(28-18)16(25)21-13-6-4-12(19)5-7-13/h2-8,11H,9-10H2,1H3,(H,20,24)(H,21,25). The van der Waals surface area contributed by atoms with Crippen molar-refractivity contribution < 1.29 is 14.0 Å². The molecule has 0 aliphatic heterocycles. The molecule has 2 amide bonds. The summed E-state index contributed by atoms with van der Waals surface area (Å²) < 4.78 is 5.82. The second-order valence-corrected chi connectivity index (χ2v) is 8.51. The maximum atomic E-state index is 12.2. The van der Waals surface area contributed by atoms with Crippen LogP contribution in [0, 0.1) is 0 Å². The molecule has 0 fully saturated rings. The van der Waals surface area contributed by atoms with Gasteiger partial charge in [0, 0.05) is 23.2 Å². The molecule has 2 heterocycles. The average Bonchev–Trinajstić information content (AvgIpc) is 3.33. The Morgan fingerprint density at radius 2 is 2.04 bits per heavy atom. The molecule has 0 bridgehead atoms. The van der Waals surface area contributed by atoms with E-state index in [9.17, 15) is 9.59 Å². The predicted octanol–water partition coefficient (Wildman–Crippen LogP) is 3.88. The highest BCUT2D eigenvalue weighted by molar-refractivity contribution is 8.01. The highest BCUT2D eigenvalue weighted by Crippen LogP contribution is 2.23. The van der Waals surface area contributed by atoms with Gasteiger partial charge in [-0.2, -0.15) is 0 Å². The summed E-state index contributed by atoms with van der Waals surface area (Å²) in [6.07, 6.45) is 2.23. The van der Waals surface area contributed by atoms with Crippen LogP contribution in [0.1, 0.15) is 22.5 Å². The molecule has 0 saturated heterocycles. The SMILES string of the molecule is CC(Cc1ccco1)NC(=O)CSc1nnc(C(=O)Nc2ccc(Cl)cc2)s1. The van der Waals surface area contributed by atoms with E-state index >= 15 is 0 Å². The molecule has 3 aromatic rings. The monoisotopic (exact) mass is 436 g/mol. The van der Waals surface area contributed by atoms with Crippen LogP contribution in [-0.4, -0.2) is 33.8 Å². The van der Waals surface area contributed by atoms with Crippen LogP contribution in [0.2, 0.25) is 5.02 Å². The van der Waals surface area contributed by atoms with Gasteiger partial charge in [0.2, 0.25) is 10.9 Å². The van der Waals surface area contributed by atoms with Crippen LogP contribution in [-0.2, 0) is 11.2 Å². The Kier molecular flexibility index (Phi) is 7.07. The molecule has 2 N–H and O–H groups in total. The quantitative estimate of drug-likeness (QED) is 0.520. The minimum atomic E-state index is -0.358. The van der Waals surface area contributed by atoms with Crippen LogP contribution in [0.15, 0.2) is 51.4 Å². The molecule has 146 valence electrons. The number of carbonyl (C=O) groups excluding carboxylic acids is 2. The smallest absolute Gasteiger partial charge is 0.286 e. The van der Waals surface area contributed by atoms with Gasteiger partial charge in [0.25, 0.3) is 5.91 Å². The van der Waals surface area contributed by atoms with Crippen molar-refractivity contribution in [3.05, 3.63) is 58.5 Å². The molecule has 10 heteroatoms. The van der Waals surface area contributed by atoms with E-state index in [-0.39, 0.29) is 28.6 Å². The molecule has 3 rings (SSSR count). The number of carbonyl (C=O) groups is 2. The van der Waals surface area contributed by atoms with Crippen molar-refractivity contribution in [3.63, 3.8) is 0 Å². The Labute approximate surface area is 174 Å². The van der Waals surface area contributed by atoms with Crippen molar-refractivity contribution in [1.29, 1.82) is 0 Å². The van der Waals surface area contributed by atoms with Crippen molar-refractivity contribution >= 4 is 52.2 Å². The molecule has 2 aromatic heterocycles. The van der Waals surface area contributed by atoms with E-state index in [1.54, 1.807) is 30.5 Å². The summed E-state index contributed by atoms with van der Waals surface area (Å²) in [5.41, 5.74) is 0.615. The van der Waals surface area contributed by atoms with Gasteiger partial charge in [-0.15, -0.1) is 10.2 Å². The number of furan rings is 1. The fourth-order valence-electron chi connectivity index (χ4n) is 2.30. The van der Waals surface area contributed by atoms with Gasteiger partial charge < -0.3 is 15.1 Å². The highest BCUT2D eigenvalue weighted by atomic mass is 35.5. The molecule has 1 unspecified atom stereocenters. The first kappa shape index (κ1) is 20.4. The van der Waals surface area contributed by atoms with Crippen LogP contribution >= 0.6 is 34.7 Å². The molecular weight excluding hydrogens is 420 g/mol. The van der Waals surface area contributed by atoms with E-state index in [4.69, 9.17) is 16.0 Å². The number of hydrogen-bond acceptors (Lipinski definition) is 7. The lowest BCUT2D eigenvalue weighted by molar-refractivity contribution is -0.119. The molecule has 0 aliphatic rings. The third-order valence-electron chi connectivity index (χ3n) is 3.52. The molecule has 0 saturated carbocycles. The van der Waals surface area contributed by atoms with Crippen LogP contribution < -0.4 is 10.6 Å². The van der Waals surface area contributed by atoms with E-state index < -0.39 is 0 Å². The third-order valence-corrected chi connectivity index (χ3v) is 5.83. The van der Waals surface area contributed by atoms with Crippen molar-refractivity contribution in [2.24, 2.45) is 0 Å². The molecule has 1 atom stereocenters. The first-order chi connectivity index (χ1) is 13.5. The normalized spacial score (nSPS) is 11.8. The number of aromatic nitrogens is 2. The lowest BCUT2D eigenvalue weighted by atomic mass is 10.2. The molecule has 0 spiro atoms. The van der Waals surface area contributed by atoms with E-state index in [0.717, 1.165) is 17.1 Å². The minimum absolute atomic E-state index is 0.0469. The van der Waals surface area contributed by atoms with E-state index in [0.29, 0.717) is 21.5 Å². The zero-order chi connectivity index (χ0) is 19.9. The van der Waals surface area contributed by atoms with Gasteiger partial charge in [-0.3, -0.25) is 9.59 Å².